The van der Waals surface area contributed by atoms with Crippen LogP contribution in [-0.2, 0) is 14.3 Å². The summed E-state index contributed by atoms with van der Waals surface area (Å²) in [4.78, 5) is 37.5. The zero-order valence-electron chi connectivity index (χ0n) is 14.1. The molecule has 2 aliphatic rings. The smallest absolute Gasteiger partial charge is 0.321 e. The van der Waals surface area contributed by atoms with Crippen molar-refractivity contribution in [1.82, 2.24) is 10.2 Å². The summed E-state index contributed by atoms with van der Waals surface area (Å²) in [5, 5.41) is 5.62. The highest BCUT2D eigenvalue weighted by Crippen LogP contribution is 2.20. The van der Waals surface area contributed by atoms with Crippen LogP contribution in [0.5, 0.6) is 0 Å². The van der Waals surface area contributed by atoms with Crippen molar-refractivity contribution in [2.45, 2.75) is 31.7 Å². The molecule has 0 radical (unpaired) electrons. The first-order chi connectivity index (χ1) is 12.1. The van der Waals surface area contributed by atoms with Gasteiger partial charge in [-0.2, -0.15) is 0 Å². The Kier molecular flexibility index (Phi) is 5.53. The van der Waals surface area contributed by atoms with Gasteiger partial charge in [-0.15, -0.1) is 0 Å². The van der Waals surface area contributed by atoms with E-state index in [9.17, 15) is 14.4 Å². The molecule has 2 N–H and O–H groups in total. The van der Waals surface area contributed by atoms with Crippen molar-refractivity contribution in [3.63, 3.8) is 0 Å². The van der Waals surface area contributed by atoms with Gasteiger partial charge in [0.2, 0.25) is 0 Å². The van der Waals surface area contributed by atoms with E-state index in [1.807, 2.05) is 30.3 Å². The number of hydrogen-bond acceptors (Lipinski definition) is 4. The molecule has 1 heterocycles. The second-order valence-electron chi connectivity index (χ2n) is 6.51. The lowest BCUT2D eigenvalue weighted by atomic mass is 9.97. The van der Waals surface area contributed by atoms with Gasteiger partial charge in [0.15, 0.2) is 6.61 Å². The minimum absolute atomic E-state index is 0.165. The number of urea groups is 1. The van der Waals surface area contributed by atoms with Crippen LogP contribution in [0, 0.1) is 5.92 Å². The second-order valence-corrected chi connectivity index (χ2v) is 6.51. The molecule has 0 aromatic heterocycles. The number of rotatable bonds is 5. The summed E-state index contributed by atoms with van der Waals surface area (Å²) in [6.45, 7) is 0.767. The van der Waals surface area contributed by atoms with Crippen LogP contribution in [-0.4, -0.2) is 48.5 Å². The highest BCUT2D eigenvalue weighted by molar-refractivity contribution is 5.89. The van der Waals surface area contributed by atoms with Gasteiger partial charge in [0.05, 0.1) is 5.92 Å². The summed E-state index contributed by atoms with van der Waals surface area (Å²) in [5.41, 5.74) is 0.746. The molecule has 1 aromatic rings. The van der Waals surface area contributed by atoms with Gasteiger partial charge < -0.3 is 20.3 Å². The van der Waals surface area contributed by atoms with Gasteiger partial charge in [-0.05, 0) is 37.8 Å². The van der Waals surface area contributed by atoms with E-state index in [0.29, 0.717) is 25.9 Å². The molecule has 3 rings (SSSR count). The third kappa shape index (κ3) is 5.20. The lowest BCUT2D eigenvalue weighted by Crippen LogP contribution is -2.43. The topological polar surface area (TPSA) is 87.7 Å². The molecule has 0 bridgehead atoms. The molecule has 2 fully saturated rings. The predicted octanol–water partition coefficient (Wildman–Crippen LogP) is 1.75. The number of carbonyl (C=O) groups excluding carboxylic acids is 3. The van der Waals surface area contributed by atoms with Crippen LogP contribution in [0.1, 0.15) is 25.7 Å². The Morgan fingerprint density at radius 3 is 2.36 bits per heavy atom. The maximum atomic E-state index is 12.2. The molecular weight excluding hydrogens is 322 g/mol. The van der Waals surface area contributed by atoms with Crippen LogP contribution < -0.4 is 10.6 Å². The first-order valence-corrected chi connectivity index (χ1v) is 8.69. The zero-order valence-corrected chi connectivity index (χ0v) is 14.1. The van der Waals surface area contributed by atoms with Gasteiger partial charge in [0, 0.05) is 24.8 Å². The number of ether oxygens (including phenoxy) is 1. The standard InChI is InChI=1S/C18H23N3O4/c22-16(19-15-6-7-15)12-25-17(23)13-8-10-21(11-9-13)18(24)20-14-4-2-1-3-5-14/h1-5,13,15H,6-12H2,(H,19,22)(H,20,24). The Hall–Kier alpha value is -2.57. The van der Waals surface area contributed by atoms with Crippen LogP contribution >= 0.6 is 0 Å². The number of para-hydroxylation sites is 1. The Balaban J connectivity index is 1.37. The van der Waals surface area contributed by atoms with E-state index in [2.05, 4.69) is 10.6 Å². The normalized spacial score (nSPS) is 17.7. The maximum absolute atomic E-state index is 12.2. The van der Waals surface area contributed by atoms with E-state index in [-0.39, 0.29) is 36.5 Å². The number of piperidine rings is 1. The lowest BCUT2D eigenvalue weighted by Gasteiger charge is -2.30. The highest BCUT2D eigenvalue weighted by Gasteiger charge is 2.29. The van der Waals surface area contributed by atoms with Crippen molar-refractivity contribution in [1.29, 1.82) is 0 Å². The van der Waals surface area contributed by atoms with Crippen LogP contribution in [0.3, 0.4) is 0 Å². The largest absolute Gasteiger partial charge is 0.455 e. The average Bonchev–Trinajstić information content (AvgIpc) is 3.44. The van der Waals surface area contributed by atoms with Crippen molar-refractivity contribution < 1.29 is 19.1 Å². The second kappa shape index (κ2) is 8.00. The van der Waals surface area contributed by atoms with Gasteiger partial charge in [0.25, 0.3) is 5.91 Å². The minimum Gasteiger partial charge on any atom is -0.455 e. The van der Waals surface area contributed by atoms with E-state index in [1.165, 1.54) is 0 Å². The molecule has 1 aromatic carbocycles. The van der Waals surface area contributed by atoms with Crippen molar-refractivity contribution in [2.24, 2.45) is 5.92 Å². The molecule has 1 aliphatic carbocycles. The van der Waals surface area contributed by atoms with Crippen LogP contribution in [0.15, 0.2) is 30.3 Å². The first-order valence-electron chi connectivity index (χ1n) is 8.69. The fourth-order valence-corrected chi connectivity index (χ4v) is 2.79. The molecule has 7 heteroatoms. The van der Waals surface area contributed by atoms with Gasteiger partial charge in [-0.3, -0.25) is 9.59 Å². The maximum Gasteiger partial charge on any atom is 0.321 e. The Morgan fingerprint density at radius 2 is 1.72 bits per heavy atom. The van der Waals surface area contributed by atoms with Crippen LogP contribution in [0.2, 0.25) is 0 Å². The molecule has 0 atom stereocenters. The highest BCUT2D eigenvalue weighted by atomic mass is 16.5. The number of benzene rings is 1. The van der Waals surface area contributed by atoms with E-state index in [0.717, 1.165) is 18.5 Å². The molecule has 7 nitrogen and oxygen atoms in total. The molecular formula is C18H23N3O4. The van der Waals surface area contributed by atoms with Crippen LogP contribution in [0.25, 0.3) is 0 Å². The van der Waals surface area contributed by atoms with Crippen molar-refractivity contribution in [2.75, 3.05) is 25.0 Å². The van der Waals surface area contributed by atoms with Gasteiger partial charge >= 0.3 is 12.0 Å². The number of amides is 3. The number of esters is 1. The molecule has 0 unspecified atom stereocenters. The number of carbonyl (C=O) groups is 3. The molecule has 3 amide bonds. The van der Waals surface area contributed by atoms with Gasteiger partial charge in [-0.1, -0.05) is 18.2 Å². The number of nitrogens with zero attached hydrogens (tertiary/aromatic N) is 1. The fraction of sp³-hybridized carbons (Fsp3) is 0.500. The van der Waals surface area contributed by atoms with Crippen LogP contribution in [0.4, 0.5) is 10.5 Å². The summed E-state index contributed by atoms with van der Waals surface area (Å²) < 4.78 is 5.09. The summed E-state index contributed by atoms with van der Waals surface area (Å²) in [6.07, 6.45) is 3.10. The average molecular weight is 345 g/mol. The van der Waals surface area contributed by atoms with Crippen molar-refractivity contribution in [3.8, 4) is 0 Å². The quantitative estimate of drug-likeness (QED) is 0.796. The number of hydrogen-bond donors (Lipinski definition) is 2. The SMILES string of the molecule is O=C(COC(=O)C1CCN(C(=O)Nc2ccccc2)CC1)NC1CC1. The van der Waals surface area contributed by atoms with E-state index in [1.54, 1.807) is 4.90 Å². The molecule has 134 valence electrons. The molecule has 1 aliphatic heterocycles. The Labute approximate surface area is 146 Å². The molecule has 25 heavy (non-hydrogen) atoms. The summed E-state index contributed by atoms with van der Waals surface area (Å²) in [5.74, 6) is -0.848. The number of likely N-dealkylation sites (tertiary alicyclic amines) is 1. The van der Waals surface area contributed by atoms with Crippen molar-refractivity contribution >= 4 is 23.6 Å². The number of nitrogens with one attached hydrogen (secondary N) is 2. The van der Waals surface area contributed by atoms with E-state index in [4.69, 9.17) is 4.74 Å². The third-order valence-corrected chi connectivity index (χ3v) is 4.43. The molecule has 0 spiro atoms. The zero-order chi connectivity index (χ0) is 17.6. The minimum atomic E-state index is -0.353. The van der Waals surface area contributed by atoms with E-state index < -0.39 is 0 Å². The molecule has 1 saturated carbocycles. The summed E-state index contributed by atoms with van der Waals surface area (Å²) in [7, 11) is 0. The molecule has 1 saturated heterocycles. The van der Waals surface area contributed by atoms with Crippen molar-refractivity contribution in [3.05, 3.63) is 30.3 Å². The lowest BCUT2D eigenvalue weighted by molar-refractivity contribution is -0.153. The number of anilines is 1. The van der Waals surface area contributed by atoms with E-state index >= 15 is 0 Å². The predicted molar refractivity (Wildman–Crippen MR) is 91.9 cm³/mol. The summed E-state index contributed by atoms with van der Waals surface area (Å²) >= 11 is 0. The Bertz CT molecular complexity index is 622. The third-order valence-electron chi connectivity index (χ3n) is 4.43. The van der Waals surface area contributed by atoms with Gasteiger partial charge in [-0.25, -0.2) is 4.79 Å². The Morgan fingerprint density at radius 1 is 1.04 bits per heavy atom. The van der Waals surface area contributed by atoms with Gasteiger partial charge in [0.1, 0.15) is 0 Å². The monoisotopic (exact) mass is 345 g/mol. The summed E-state index contributed by atoms with van der Waals surface area (Å²) in [6, 6.07) is 9.36. The fourth-order valence-electron chi connectivity index (χ4n) is 2.79. The first kappa shape index (κ1) is 17.3.